The number of benzene rings is 2. The largest absolute Gasteiger partial charge is 0.375 e. The number of amides is 2. The minimum Gasteiger partial charge on any atom is -0.375 e. The normalized spacial score (nSPS) is 13.9. The Kier molecular flexibility index (Phi) is 7.01. The van der Waals surface area contributed by atoms with E-state index in [0.717, 1.165) is 18.8 Å². The van der Waals surface area contributed by atoms with Gasteiger partial charge >= 0.3 is 0 Å². The molecule has 0 unspecified atom stereocenters. The molecule has 148 valence electrons. The van der Waals surface area contributed by atoms with Crippen LogP contribution in [0.2, 0.25) is 10.0 Å². The summed E-state index contributed by atoms with van der Waals surface area (Å²) >= 11 is 12.0. The van der Waals surface area contributed by atoms with Crippen molar-refractivity contribution < 1.29 is 9.59 Å². The molecule has 1 heterocycles. The third kappa shape index (κ3) is 5.53. The molecule has 1 saturated heterocycles. The fourth-order valence-corrected chi connectivity index (χ4v) is 3.32. The molecule has 1 fully saturated rings. The molecule has 6 nitrogen and oxygen atoms in total. The zero-order valence-corrected chi connectivity index (χ0v) is 16.8. The number of halogens is 2. The Morgan fingerprint density at radius 2 is 1.57 bits per heavy atom. The number of rotatable bonds is 6. The average molecular weight is 421 g/mol. The second-order valence-corrected chi connectivity index (χ2v) is 7.30. The van der Waals surface area contributed by atoms with Gasteiger partial charge in [0.05, 0.1) is 23.8 Å². The molecule has 0 aromatic heterocycles. The Morgan fingerprint density at radius 3 is 2.25 bits per heavy atom. The Bertz CT molecular complexity index is 821. The van der Waals surface area contributed by atoms with E-state index in [-0.39, 0.29) is 24.9 Å². The van der Waals surface area contributed by atoms with Crippen LogP contribution in [-0.4, -0.2) is 56.0 Å². The molecule has 28 heavy (non-hydrogen) atoms. The molecule has 1 aliphatic heterocycles. The minimum absolute atomic E-state index is 0.00994. The monoisotopic (exact) mass is 420 g/mol. The van der Waals surface area contributed by atoms with Crippen molar-refractivity contribution in [1.29, 1.82) is 0 Å². The Balaban J connectivity index is 1.39. The average Bonchev–Trinajstić information content (AvgIpc) is 2.72. The second-order valence-electron chi connectivity index (χ2n) is 6.45. The molecule has 0 aliphatic carbocycles. The molecule has 2 aromatic rings. The van der Waals surface area contributed by atoms with Crippen molar-refractivity contribution in [3.63, 3.8) is 0 Å². The maximum atomic E-state index is 12.4. The Hall–Kier alpha value is -2.44. The van der Waals surface area contributed by atoms with Gasteiger partial charge in [-0.25, -0.2) is 0 Å². The molecule has 3 rings (SSSR count). The third-order valence-electron chi connectivity index (χ3n) is 4.57. The van der Waals surface area contributed by atoms with E-state index in [9.17, 15) is 9.59 Å². The van der Waals surface area contributed by atoms with Gasteiger partial charge in [0.2, 0.25) is 11.8 Å². The van der Waals surface area contributed by atoms with Gasteiger partial charge in [-0.2, -0.15) is 0 Å². The topological polar surface area (TPSA) is 64.7 Å². The molecular weight excluding hydrogens is 399 g/mol. The molecule has 2 amide bonds. The molecule has 0 atom stereocenters. The second kappa shape index (κ2) is 9.66. The van der Waals surface area contributed by atoms with Crippen molar-refractivity contribution in [2.75, 3.05) is 49.5 Å². The van der Waals surface area contributed by atoms with E-state index in [1.165, 1.54) is 0 Å². The predicted molar refractivity (Wildman–Crippen MR) is 113 cm³/mol. The number of carbonyl (C=O) groups is 2. The number of para-hydroxylation sites is 1. The van der Waals surface area contributed by atoms with Crippen LogP contribution in [0.5, 0.6) is 0 Å². The highest BCUT2D eigenvalue weighted by molar-refractivity contribution is 6.33. The molecule has 1 aliphatic rings. The first-order valence-electron chi connectivity index (χ1n) is 9.06. The van der Waals surface area contributed by atoms with Crippen LogP contribution in [0.4, 0.5) is 11.4 Å². The van der Waals surface area contributed by atoms with Gasteiger partial charge in [-0.1, -0.05) is 35.3 Å². The van der Waals surface area contributed by atoms with Crippen LogP contribution in [0.1, 0.15) is 0 Å². The van der Waals surface area contributed by atoms with Crippen molar-refractivity contribution in [3.05, 3.63) is 58.6 Å². The van der Waals surface area contributed by atoms with Gasteiger partial charge in [-0.15, -0.1) is 0 Å². The fourth-order valence-electron chi connectivity index (χ4n) is 2.99. The Labute approximate surface area is 174 Å². The number of hydrogen-bond acceptors (Lipinski definition) is 4. The molecule has 0 spiro atoms. The summed E-state index contributed by atoms with van der Waals surface area (Å²) in [7, 11) is 0. The fraction of sp³-hybridized carbons (Fsp3) is 0.300. The molecule has 0 radical (unpaired) electrons. The molecule has 2 aromatic carbocycles. The number of piperazine rings is 1. The van der Waals surface area contributed by atoms with E-state index in [0.29, 0.717) is 28.8 Å². The minimum atomic E-state index is -0.256. The van der Waals surface area contributed by atoms with Crippen LogP contribution in [0.25, 0.3) is 0 Å². The highest BCUT2D eigenvalue weighted by Gasteiger charge is 2.21. The van der Waals surface area contributed by atoms with Gasteiger partial charge in [0.1, 0.15) is 0 Å². The number of carbonyl (C=O) groups excluding carboxylic acids is 2. The lowest BCUT2D eigenvalue weighted by molar-refractivity contribution is -0.132. The lowest BCUT2D eigenvalue weighted by Crippen LogP contribution is -2.51. The highest BCUT2D eigenvalue weighted by atomic mass is 35.5. The van der Waals surface area contributed by atoms with Gasteiger partial charge in [0.15, 0.2) is 0 Å². The summed E-state index contributed by atoms with van der Waals surface area (Å²) in [6.07, 6.45) is 0. The first kappa shape index (κ1) is 20.3. The predicted octanol–water partition coefficient (Wildman–Crippen LogP) is 2.87. The third-order valence-corrected chi connectivity index (χ3v) is 5.16. The van der Waals surface area contributed by atoms with E-state index in [1.54, 1.807) is 17.0 Å². The number of hydrogen-bond donors (Lipinski definition) is 2. The number of nitrogens with zero attached hydrogens (tertiary/aromatic N) is 2. The van der Waals surface area contributed by atoms with E-state index in [4.69, 9.17) is 23.2 Å². The summed E-state index contributed by atoms with van der Waals surface area (Å²) in [5, 5.41) is 6.87. The summed E-state index contributed by atoms with van der Waals surface area (Å²) in [6.45, 7) is 2.78. The van der Waals surface area contributed by atoms with Crippen molar-refractivity contribution >= 4 is 46.4 Å². The van der Waals surface area contributed by atoms with Crippen LogP contribution in [0, 0.1) is 0 Å². The van der Waals surface area contributed by atoms with Crippen LogP contribution >= 0.6 is 23.2 Å². The van der Waals surface area contributed by atoms with Crippen molar-refractivity contribution in [1.82, 2.24) is 10.2 Å². The van der Waals surface area contributed by atoms with E-state index < -0.39 is 0 Å². The quantitative estimate of drug-likeness (QED) is 0.753. The van der Waals surface area contributed by atoms with Crippen molar-refractivity contribution in [2.24, 2.45) is 0 Å². The summed E-state index contributed by atoms with van der Waals surface area (Å²) in [6, 6.07) is 14.9. The van der Waals surface area contributed by atoms with E-state index in [1.807, 2.05) is 36.4 Å². The molecular formula is C20H22Cl2N4O2. The van der Waals surface area contributed by atoms with Gasteiger partial charge < -0.3 is 20.4 Å². The first-order valence-corrected chi connectivity index (χ1v) is 9.82. The maximum Gasteiger partial charge on any atom is 0.242 e. The SMILES string of the molecule is O=C(CNc1ccccc1Cl)NCC(=O)N1CCN(c2ccc(Cl)cc2)CC1. The van der Waals surface area contributed by atoms with Gasteiger partial charge in [-0.05, 0) is 36.4 Å². The van der Waals surface area contributed by atoms with Crippen LogP contribution in [0.3, 0.4) is 0 Å². The van der Waals surface area contributed by atoms with Crippen LogP contribution in [-0.2, 0) is 9.59 Å². The molecule has 0 saturated carbocycles. The van der Waals surface area contributed by atoms with Crippen molar-refractivity contribution in [2.45, 2.75) is 0 Å². The van der Waals surface area contributed by atoms with Crippen molar-refractivity contribution in [3.8, 4) is 0 Å². The van der Waals surface area contributed by atoms with Gasteiger partial charge in [-0.3, -0.25) is 9.59 Å². The van der Waals surface area contributed by atoms with Gasteiger partial charge in [0, 0.05) is 36.9 Å². The summed E-state index contributed by atoms with van der Waals surface area (Å²) in [4.78, 5) is 28.3. The molecule has 0 bridgehead atoms. The Morgan fingerprint density at radius 1 is 0.893 bits per heavy atom. The zero-order valence-electron chi connectivity index (χ0n) is 15.3. The molecule has 8 heteroatoms. The number of nitrogens with one attached hydrogen (secondary N) is 2. The smallest absolute Gasteiger partial charge is 0.242 e. The lowest BCUT2D eigenvalue weighted by atomic mass is 10.2. The van der Waals surface area contributed by atoms with E-state index >= 15 is 0 Å². The lowest BCUT2D eigenvalue weighted by Gasteiger charge is -2.36. The van der Waals surface area contributed by atoms with Crippen LogP contribution < -0.4 is 15.5 Å². The first-order chi connectivity index (χ1) is 13.5. The van der Waals surface area contributed by atoms with Crippen LogP contribution in [0.15, 0.2) is 48.5 Å². The summed E-state index contributed by atoms with van der Waals surface area (Å²) in [5.41, 5.74) is 1.78. The van der Waals surface area contributed by atoms with E-state index in [2.05, 4.69) is 15.5 Å². The zero-order chi connectivity index (χ0) is 19.9. The number of anilines is 2. The summed E-state index contributed by atoms with van der Waals surface area (Å²) < 4.78 is 0. The van der Waals surface area contributed by atoms with Gasteiger partial charge in [0.25, 0.3) is 0 Å². The molecule has 2 N–H and O–H groups in total. The maximum absolute atomic E-state index is 12.4. The standard InChI is InChI=1S/C20H22Cl2N4O2/c21-15-5-7-16(8-6-15)25-9-11-26(12-10-25)20(28)14-24-19(27)13-23-18-4-2-1-3-17(18)22/h1-8,23H,9-14H2,(H,24,27). The highest BCUT2D eigenvalue weighted by Crippen LogP contribution is 2.20. The summed E-state index contributed by atoms with van der Waals surface area (Å²) in [5.74, 6) is -0.338.